The highest BCUT2D eigenvalue weighted by atomic mass is 32.2. The Morgan fingerprint density at radius 2 is 2.14 bits per heavy atom. The molecule has 0 bridgehead atoms. The Hall–Kier alpha value is -1.87. The fourth-order valence-electron chi connectivity index (χ4n) is 2.11. The SMILES string of the molecule is CCc1nn(C)cc1NS(=O)(=O)c1n[nH]c(C)c1CNC. The molecular weight excluding hydrogens is 292 g/mol. The van der Waals surface area contributed by atoms with Crippen molar-refractivity contribution >= 4 is 15.7 Å². The minimum atomic E-state index is -3.75. The summed E-state index contributed by atoms with van der Waals surface area (Å²) in [6.45, 7) is 4.14. The Kier molecular flexibility index (Phi) is 4.33. The van der Waals surface area contributed by atoms with Crippen LogP contribution in [0.15, 0.2) is 11.2 Å². The van der Waals surface area contributed by atoms with Gasteiger partial charge < -0.3 is 5.32 Å². The zero-order valence-corrected chi connectivity index (χ0v) is 13.4. The fraction of sp³-hybridized carbons (Fsp3) is 0.500. The first-order valence-corrected chi connectivity index (χ1v) is 8.11. The van der Waals surface area contributed by atoms with E-state index in [1.165, 1.54) is 0 Å². The summed E-state index contributed by atoms with van der Waals surface area (Å²) < 4.78 is 29.2. The first kappa shape index (κ1) is 15.5. The number of sulfonamides is 1. The number of aromatic amines is 1. The highest BCUT2D eigenvalue weighted by molar-refractivity contribution is 7.92. The van der Waals surface area contributed by atoms with E-state index in [1.807, 2.05) is 6.92 Å². The van der Waals surface area contributed by atoms with Gasteiger partial charge in [0.25, 0.3) is 10.0 Å². The Labute approximate surface area is 124 Å². The van der Waals surface area contributed by atoms with Crippen molar-refractivity contribution in [2.24, 2.45) is 7.05 Å². The van der Waals surface area contributed by atoms with E-state index in [1.54, 1.807) is 31.9 Å². The second kappa shape index (κ2) is 5.86. The van der Waals surface area contributed by atoms with Gasteiger partial charge >= 0.3 is 0 Å². The Balaban J connectivity index is 2.38. The number of aryl methyl sites for hydroxylation is 3. The normalized spacial score (nSPS) is 11.8. The van der Waals surface area contributed by atoms with E-state index in [4.69, 9.17) is 0 Å². The number of rotatable bonds is 6. The minimum Gasteiger partial charge on any atom is -0.316 e. The highest BCUT2D eigenvalue weighted by Gasteiger charge is 2.25. The van der Waals surface area contributed by atoms with E-state index < -0.39 is 10.0 Å². The molecule has 21 heavy (non-hydrogen) atoms. The zero-order valence-electron chi connectivity index (χ0n) is 12.6. The maximum absolute atomic E-state index is 12.5. The van der Waals surface area contributed by atoms with E-state index in [0.29, 0.717) is 29.9 Å². The molecule has 0 radical (unpaired) electrons. The summed E-state index contributed by atoms with van der Waals surface area (Å²) in [5, 5.41) is 13.8. The van der Waals surface area contributed by atoms with Crippen LogP contribution >= 0.6 is 0 Å². The Morgan fingerprint density at radius 1 is 1.43 bits per heavy atom. The lowest BCUT2D eigenvalue weighted by Crippen LogP contribution is -2.18. The van der Waals surface area contributed by atoms with Crippen LogP contribution in [-0.4, -0.2) is 35.4 Å². The average molecular weight is 312 g/mol. The molecule has 0 aliphatic carbocycles. The van der Waals surface area contributed by atoms with Gasteiger partial charge in [0, 0.05) is 31.0 Å². The van der Waals surface area contributed by atoms with Crippen LogP contribution in [0.3, 0.4) is 0 Å². The van der Waals surface area contributed by atoms with Crippen LogP contribution in [-0.2, 0) is 30.0 Å². The third-order valence-electron chi connectivity index (χ3n) is 3.13. The molecule has 2 heterocycles. The van der Waals surface area contributed by atoms with Gasteiger partial charge in [-0.15, -0.1) is 0 Å². The summed E-state index contributed by atoms with van der Waals surface area (Å²) in [5.74, 6) is 0. The summed E-state index contributed by atoms with van der Waals surface area (Å²) in [5.41, 5.74) is 2.54. The van der Waals surface area contributed by atoms with Crippen LogP contribution in [0.2, 0.25) is 0 Å². The number of H-pyrrole nitrogens is 1. The largest absolute Gasteiger partial charge is 0.316 e. The van der Waals surface area contributed by atoms with Crippen molar-refractivity contribution in [1.29, 1.82) is 0 Å². The molecule has 0 aromatic carbocycles. The van der Waals surface area contributed by atoms with Crippen LogP contribution in [0.5, 0.6) is 0 Å². The van der Waals surface area contributed by atoms with Crippen LogP contribution in [0.4, 0.5) is 5.69 Å². The lowest BCUT2D eigenvalue weighted by atomic mass is 10.3. The van der Waals surface area contributed by atoms with Crippen LogP contribution < -0.4 is 10.0 Å². The van der Waals surface area contributed by atoms with E-state index in [2.05, 4.69) is 25.3 Å². The van der Waals surface area contributed by atoms with Gasteiger partial charge in [0.1, 0.15) is 0 Å². The molecule has 0 unspecified atom stereocenters. The number of nitrogens with zero attached hydrogens (tertiary/aromatic N) is 3. The van der Waals surface area contributed by atoms with Crippen molar-refractivity contribution < 1.29 is 8.42 Å². The molecule has 0 saturated heterocycles. The van der Waals surface area contributed by atoms with Gasteiger partial charge in [-0.3, -0.25) is 14.5 Å². The van der Waals surface area contributed by atoms with Crippen molar-refractivity contribution in [2.75, 3.05) is 11.8 Å². The molecule has 116 valence electrons. The van der Waals surface area contributed by atoms with Gasteiger partial charge in [0.2, 0.25) is 5.03 Å². The molecule has 0 fully saturated rings. The first-order chi connectivity index (χ1) is 9.89. The molecule has 0 spiro atoms. The van der Waals surface area contributed by atoms with Gasteiger partial charge in [0.05, 0.1) is 11.4 Å². The quantitative estimate of drug-likeness (QED) is 0.722. The van der Waals surface area contributed by atoms with Crippen LogP contribution in [0.25, 0.3) is 0 Å². The van der Waals surface area contributed by atoms with E-state index in [9.17, 15) is 8.42 Å². The molecule has 0 aliphatic rings. The third kappa shape index (κ3) is 3.08. The maximum atomic E-state index is 12.5. The molecule has 9 heteroatoms. The lowest BCUT2D eigenvalue weighted by Gasteiger charge is -2.07. The molecule has 2 aromatic heterocycles. The molecular formula is C12H20N6O2S. The van der Waals surface area contributed by atoms with Gasteiger partial charge in [-0.05, 0) is 20.4 Å². The molecule has 2 rings (SSSR count). The molecule has 2 aromatic rings. The summed E-state index contributed by atoms with van der Waals surface area (Å²) in [6, 6.07) is 0. The van der Waals surface area contributed by atoms with Gasteiger partial charge in [-0.25, -0.2) is 0 Å². The molecule has 3 N–H and O–H groups in total. The second-order valence-electron chi connectivity index (χ2n) is 4.78. The maximum Gasteiger partial charge on any atom is 0.281 e. The standard InChI is InChI=1S/C12H20N6O2S/c1-5-10-11(7-18(4)16-10)17-21(19,20)12-9(6-13-3)8(2)14-15-12/h7,13,17H,5-6H2,1-4H3,(H,14,15). The Morgan fingerprint density at radius 3 is 2.76 bits per heavy atom. The topological polar surface area (TPSA) is 105 Å². The van der Waals surface area contributed by atoms with Gasteiger partial charge in [-0.2, -0.15) is 18.6 Å². The highest BCUT2D eigenvalue weighted by Crippen LogP contribution is 2.22. The molecule has 0 atom stereocenters. The lowest BCUT2D eigenvalue weighted by molar-refractivity contribution is 0.595. The number of anilines is 1. The summed E-state index contributed by atoms with van der Waals surface area (Å²) in [4.78, 5) is 0. The molecule has 8 nitrogen and oxygen atoms in total. The molecule has 0 saturated carbocycles. The second-order valence-corrected chi connectivity index (χ2v) is 6.38. The monoisotopic (exact) mass is 312 g/mol. The van der Waals surface area contributed by atoms with Crippen molar-refractivity contribution in [3.05, 3.63) is 23.1 Å². The fourth-order valence-corrected chi connectivity index (χ4v) is 3.38. The summed E-state index contributed by atoms with van der Waals surface area (Å²) in [7, 11) is -0.242. The minimum absolute atomic E-state index is 0.0141. The summed E-state index contributed by atoms with van der Waals surface area (Å²) in [6.07, 6.45) is 2.29. The average Bonchev–Trinajstić information content (AvgIpc) is 2.94. The number of hydrogen-bond acceptors (Lipinski definition) is 5. The summed E-state index contributed by atoms with van der Waals surface area (Å²) >= 11 is 0. The number of nitrogens with one attached hydrogen (secondary N) is 3. The zero-order chi connectivity index (χ0) is 15.6. The first-order valence-electron chi connectivity index (χ1n) is 6.62. The van der Waals surface area contributed by atoms with Gasteiger partial charge in [0.15, 0.2) is 0 Å². The van der Waals surface area contributed by atoms with Crippen molar-refractivity contribution in [1.82, 2.24) is 25.3 Å². The van der Waals surface area contributed by atoms with Crippen LogP contribution in [0, 0.1) is 6.92 Å². The molecule has 0 aliphatic heterocycles. The van der Waals surface area contributed by atoms with Crippen molar-refractivity contribution in [3.63, 3.8) is 0 Å². The van der Waals surface area contributed by atoms with Crippen molar-refractivity contribution in [3.8, 4) is 0 Å². The molecule has 0 amide bonds. The number of aromatic nitrogens is 4. The van der Waals surface area contributed by atoms with E-state index in [-0.39, 0.29) is 5.03 Å². The predicted molar refractivity (Wildman–Crippen MR) is 79.5 cm³/mol. The smallest absolute Gasteiger partial charge is 0.281 e. The van der Waals surface area contributed by atoms with Crippen LogP contribution in [0.1, 0.15) is 23.9 Å². The third-order valence-corrected chi connectivity index (χ3v) is 4.46. The number of hydrogen-bond donors (Lipinski definition) is 3. The van der Waals surface area contributed by atoms with Crippen molar-refractivity contribution in [2.45, 2.75) is 31.8 Å². The van der Waals surface area contributed by atoms with E-state index >= 15 is 0 Å². The van der Waals surface area contributed by atoms with E-state index in [0.717, 1.165) is 5.69 Å². The Bertz CT molecular complexity index is 731. The predicted octanol–water partition coefficient (Wildman–Crippen LogP) is 0.534. The van der Waals surface area contributed by atoms with Gasteiger partial charge in [-0.1, -0.05) is 6.92 Å².